The first-order valence-electron chi connectivity index (χ1n) is 4.69. The molecule has 0 aliphatic heterocycles. The topological polar surface area (TPSA) is 43.8 Å². The summed E-state index contributed by atoms with van der Waals surface area (Å²) < 4.78 is 2.93. The second kappa shape index (κ2) is 4.06. The van der Waals surface area contributed by atoms with Crippen LogP contribution in [0.1, 0.15) is 11.1 Å². The Morgan fingerprint density at radius 2 is 2.27 bits per heavy atom. The van der Waals surface area contributed by atoms with Gasteiger partial charge in [0.05, 0.1) is 6.54 Å². The number of nitrogens with two attached hydrogens (primary N) is 1. The zero-order valence-electron chi connectivity index (χ0n) is 8.44. The van der Waals surface area contributed by atoms with Crippen molar-refractivity contribution < 1.29 is 0 Å². The fraction of sp³-hybridized carbons (Fsp3) is 0.182. The van der Waals surface area contributed by atoms with Gasteiger partial charge >= 0.3 is 0 Å². The smallest absolute Gasteiger partial charge is 0.148 e. The van der Waals surface area contributed by atoms with Crippen LogP contribution in [0.25, 0.3) is 0 Å². The molecule has 0 atom stereocenters. The molecular weight excluding hydrogens is 254 g/mol. The molecule has 15 heavy (non-hydrogen) atoms. The zero-order valence-corrected chi connectivity index (χ0v) is 10.0. The number of halogens is 1. The lowest BCUT2D eigenvalue weighted by Gasteiger charge is -2.01. The average molecular weight is 266 g/mol. The van der Waals surface area contributed by atoms with Gasteiger partial charge in [0.25, 0.3) is 0 Å². The summed E-state index contributed by atoms with van der Waals surface area (Å²) in [5.41, 5.74) is 7.90. The van der Waals surface area contributed by atoms with Crippen LogP contribution >= 0.6 is 15.9 Å². The molecule has 1 aromatic carbocycles. The standard InChI is InChI=1S/C11H12BrN3/c1-8-6-15(14-11(8)13)7-9-3-2-4-10(12)5-9/h2-6H,7H2,1H3,(H2,13,14). The van der Waals surface area contributed by atoms with Crippen LogP contribution in [0.2, 0.25) is 0 Å². The van der Waals surface area contributed by atoms with Crippen molar-refractivity contribution in [2.75, 3.05) is 5.73 Å². The molecule has 3 nitrogen and oxygen atoms in total. The zero-order chi connectivity index (χ0) is 10.8. The van der Waals surface area contributed by atoms with Gasteiger partial charge in [-0.3, -0.25) is 4.68 Å². The van der Waals surface area contributed by atoms with Crippen molar-refractivity contribution in [2.45, 2.75) is 13.5 Å². The van der Waals surface area contributed by atoms with Gasteiger partial charge in [0.15, 0.2) is 0 Å². The van der Waals surface area contributed by atoms with Gasteiger partial charge in [-0.2, -0.15) is 5.10 Å². The summed E-state index contributed by atoms with van der Waals surface area (Å²) in [7, 11) is 0. The first-order valence-corrected chi connectivity index (χ1v) is 5.48. The van der Waals surface area contributed by atoms with E-state index in [2.05, 4.69) is 33.2 Å². The van der Waals surface area contributed by atoms with E-state index < -0.39 is 0 Å². The third-order valence-corrected chi connectivity index (χ3v) is 2.71. The first-order chi connectivity index (χ1) is 7.15. The maximum absolute atomic E-state index is 5.68. The lowest BCUT2D eigenvalue weighted by Crippen LogP contribution is -2.00. The Bertz CT molecular complexity index is 457. The molecule has 0 saturated carbocycles. The van der Waals surface area contributed by atoms with Crippen molar-refractivity contribution in [1.29, 1.82) is 0 Å². The van der Waals surface area contributed by atoms with E-state index in [-0.39, 0.29) is 0 Å². The molecule has 0 unspecified atom stereocenters. The second-order valence-electron chi connectivity index (χ2n) is 3.52. The van der Waals surface area contributed by atoms with Crippen molar-refractivity contribution in [3.63, 3.8) is 0 Å². The number of hydrogen-bond donors (Lipinski definition) is 1. The van der Waals surface area contributed by atoms with Gasteiger partial charge in [-0.15, -0.1) is 0 Å². The minimum absolute atomic E-state index is 0.602. The van der Waals surface area contributed by atoms with Crippen LogP contribution < -0.4 is 5.73 Å². The molecule has 0 radical (unpaired) electrons. The molecule has 78 valence electrons. The van der Waals surface area contributed by atoms with Gasteiger partial charge in [-0.25, -0.2) is 0 Å². The third kappa shape index (κ3) is 2.39. The van der Waals surface area contributed by atoms with Crippen molar-refractivity contribution in [1.82, 2.24) is 9.78 Å². The van der Waals surface area contributed by atoms with Gasteiger partial charge < -0.3 is 5.73 Å². The molecule has 0 aliphatic rings. The van der Waals surface area contributed by atoms with Crippen molar-refractivity contribution >= 4 is 21.7 Å². The van der Waals surface area contributed by atoms with E-state index in [1.54, 1.807) is 0 Å². The largest absolute Gasteiger partial charge is 0.382 e. The molecule has 0 saturated heterocycles. The number of nitrogen functional groups attached to an aromatic ring is 1. The summed E-state index contributed by atoms with van der Waals surface area (Å²) in [5, 5.41) is 4.21. The number of anilines is 1. The van der Waals surface area contributed by atoms with Crippen LogP contribution in [0.3, 0.4) is 0 Å². The molecule has 0 bridgehead atoms. The Morgan fingerprint density at radius 1 is 1.47 bits per heavy atom. The minimum Gasteiger partial charge on any atom is -0.382 e. The van der Waals surface area contributed by atoms with Crippen molar-refractivity contribution in [3.05, 3.63) is 46.1 Å². The first kappa shape index (κ1) is 10.2. The Hall–Kier alpha value is -1.29. The average Bonchev–Trinajstić information content (AvgIpc) is 2.45. The van der Waals surface area contributed by atoms with Crippen molar-refractivity contribution in [2.24, 2.45) is 0 Å². The SMILES string of the molecule is Cc1cn(Cc2cccc(Br)c2)nc1N. The lowest BCUT2D eigenvalue weighted by atomic mass is 10.2. The molecule has 0 spiro atoms. The highest BCUT2D eigenvalue weighted by Crippen LogP contribution is 2.14. The number of nitrogens with zero attached hydrogens (tertiary/aromatic N) is 2. The quantitative estimate of drug-likeness (QED) is 0.907. The molecule has 4 heteroatoms. The Balaban J connectivity index is 2.22. The van der Waals surface area contributed by atoms with E-state index in [1.165, 1.54) is 5.56 Å². The molecule has 2 N–H and O–H groups in total. The van der Waals surface area contributed by atoms with E-state index in [9.17, 15) is 0 Å². The lowest BCUT2D eigenvalue weighted by molar-refractivity contribution is 0.689. The number of aryl methyl sites for hydroxylation is 1. The maximum atomic E-state index is 5.68. The molecule has 1 aromatic heterocycles. The number of hydrogen-bond acceptors (Lipinski definition) is 2. The number of benzene rings is 1. The second-order valence-corrected chi connectivity index (χ2v) is 4.44. The van der Waals surface area contributed by atoms with E-state index >= 15 is 0 Å². The number of rotatable bonds is 2. The fourth-order valence-electron chi connectivity index (χ4n) is 1.44. The van der Waals surface area contributed by atoms with E-state index in [0.717, 1.165) is 16.6 Å². The van der Waals surface area contributed by atoms with Gasteiger partial charge in [-0.1, -0.05) is 28.1 Å². The summed E-state index contributed by atoms with van der Waals surface area (Å²) in [6, 6.07) is 8.16. The van der Waals surface area contributed by atoms with E-state index in [0.29, 0.717) is 5.82 Å². The Labute approximate surface area is 97.0 Å². The normalized spacial score (nSPS) is 10.5. The highest BCUT2D eigenvalue weighted by Gasteiger charge is 2.01. The van der Waals surface area contributed by atoms with Gasteiger partial charge in [0.1, 0.15) is 5.82 Å². The molecule has 0 amide bonds. The molecule has 2 rings (SSSR count). The minimum atomic E-state index is 0.602. The highest BCUT2D eigenvalue weighted by molar-refractivity contribution is 9.10. The number of aromatic nitrogens is 2. The van der Waals surface area contributed by atoms with Crippen LogP contribution in [0, 0.1) is 6.92 Å². The summed E-state index contributed by atoms with van der Waals surface area (Å²) in [4.78, 5) is 0. The predicted molar refractivity (Wildman–Crippen MR) is 64.6 cm³/mol. The van der Waals surface area contributed by atoms with Crippen LogP contribution in [0.15, 0.2) is 34.9 Å². The molecule has 0 fully saturated rings. The predicted octanol–water partition coefficient (Wildman–Crippen LogP) is 2.58. The van der Waals surface area contributed by atoms with E-state index in [4.69, 9.17) is 5.73 Å². The van der Waals surface area contributed by atoms with Gasteiger partial charge in [-0.05, 0) is 24.6 Å². The van der Waals surface area contributed by atoms with E-state index in [1.807, 2.05) is 29.9 Å². The summed E-state index contributed by atoms with van der Waals surface area (Å²) >= 11 is 3.44. The Kier molecular flexibility index (Phi) is 2.77. The van der Waals surface area contributed by atoms with Crippen LogP contribution in [-0.4, -0.2) is 9.78 Å². The molecule has 2 aromatic rings. The highest BCUT2D eigenvalue weighted by atomic mass is 79.9. The van der Waals surface area contributed by atoms with Crippen molar-refractivity contribution in [3.8, 4) is 0 Å². The molecule has 0 aliphatic carbocycles. The summed E-state index contributed by atoms with van der Waals surface area (Å²) in [6.45, 7) is 2.71. The molecule has 1 heterocycles. The summed E-state index contributed by atoms with van der Waals surface area (Å²) in [5.74, 6) is 0.602. The third-order valence-electron chi connectivity index (χ3n) is 2.22. The summed E-state index contributed by atoms with van der Waals surface area (Å²) in [6.07, 6.45) is 1.95. The van der Waals surface area contributed by atoms with Gasteiger partial charge in [0, 0.05) is 16.2 Å². The maximum Gasteiger partial charge on any atom is 0.148 e. The van der Waals surface area contributed by atoms with Gasteiger partial charge in [0.2, 0.25) is 0 Å². The van der Waals surface area contributed by atoms with Crippen LogP contribution in [0.5, 0.6) is 0 Å². The van der Waals surface area contributed by atoms with Crippen LogP contribution in [0.4, 0.5) is 5.82 Å². The molecular formula is C11H12BrN3. The monoisotopic (exact) mass is 265 g/mol. The fourth-order valence-corrected chi connectivity index (χ4v) is 1.89. The van der Waals surface area contributed by atoms with Crippen LogP contribution in [-0.2, 0) is 6.54 Å². The Morgan fingerprint density at radius 3 is 2.87 bits per heavy atom.